The van der Waals surface area contributed by atoms with E-state index < -0.39 is 17.1 Å². The Morgan fingerprint density at radius 3 is 1.08 bits per heavy atom. The molecule has 0 aromatic carbocycles. The Kier molecular flexibility index (Phi) is 24.7. The van der Waals surface area contributed by atoms with E-state index in [-0.39, 0.29) is 13.2 Å². The molecule has 0 fully saturated rings. The second-order valence-electron chi connectivity index (χ2n) is 12.0. The largest absolute Gasteiger partial charge is 0.395 e. The maximum Gasteiger partial charge on any atom is 0.0772 e. The van der Waals surface area contributed by atoms with Crippen LogP contribution in [0.5, 0.6) is 0 Å². The zero-order chi connectivity index (χ0) is 27.7. The van der Waals surface area contributed by atoms with Gasteiger partial charge in [-0.1, -0.05) is 162 Å². The fourth-order valence-electron chi connectivity index (χ4n) is 5.99. The summed E-state index contributed by atoms with van der Waals surface area (Å²) in [5, 5.41) is 44.3. The van der Waals surface area contributed by atoms with Crippen LogP contribution in [0, 0.1) is 5.41 Å². The van der Waals surface area contributed by atoms with Crippen molar-refractivity contribution in [3.63, 3.8) is 0 Å². The van der Waals surface area contributed by atoms with Gasteiger partial charge >= 0.3 is 0 Å². The third-order valence-corrected chi connectivity index (χ3v) is 8.85. The average molecular weight is 529 g/mol. The fourth-order valence-corrected chi connectivity index (χ4v) is 5.99. The van der Waals surface area contributed by atoms with Crippen LogP contribution in [0.15, 0.2) is 0 Å². The Hall–Kier alpha value is -0.160. The summed E-state index contributed by atoms with van der Waals surface area (Å²) in [6.07, 6.45) is 26.5. The molecule has 224 valence electrons. The van der Waals surface area contributed by atoms with Crippen LogP contribution in [-0.4, -0.2) is 45.3 Å². The van der Waals surface area contributed by atoms with Gasteiger partial charge in [-0.05, 0) is 19.3 Å². The van der Waals surface area contributed by atoms with E-state index in [0.717, 1.165) is 44.9 Å². The first-order chi connectivity index (χ1) is 18.0. The maximum atomic E-state index is 12.0. The number of hydrogen-bond acceptors (Lipinski definition) is 4. The van der Waals surface area contributed by atoms with E-state index in [2.05, 4.69) is 20.8 Å². The molecule has 0 aliphatic heterocycles. The molecule has 2 atom stereocenters. The Morgan fingerprint density at radius 2 is 0.757 bits per heavy atom. The second kappa shape index (κ2) is 24.9. The number of rotatable bonds is 29. The Morgan fingerprint density at radius 1 is 0.459 bits per heavy atom. The zero-order valence-corrected chi connectivity index (χ0v) is 25.5. The summed E-state index contributed by atoms with van der Waals surface area (Å²) >= 11 is 0. The molecule has 0 aliphatic carbocycles. The van der Waals surface area contributed by atoms with Crippen molar-refractivity contribution in [3.05, 3.63) is 0 Å². The quantitative estimate of drug-likeness (QED) is 0.0731. The summed E-state index contributed by atoms with van der Waals surface area (Å²) in [5.41, 5.74) is -2.48. The number of hydrogen-bond donors (Lipinski definition) is 4. The lowest BCUT2D eigenvalue weighted by Gasteiger charge is -2.48. The lowest BCUT2D eigenvalue weighted by Crippen LogP contribution is -2.59. The van der Waals surface area contributed by atoms with Gasteiger partial charge in [0.25, 0.3) is 0 Å². The number of aliphatic hydroxyl groups excluding tert-OH is 3. The van der Waals surface area contributed by atoms with Crippen molar-refractivity contribution in [2.24, 2.45) is 5.41 Å². The van der Waals surface area contributed by atoms with E-state index in [9.17, 15) is 20.4 Å². The van der Waals surface area contributed by atoms with Gasteiger partial charge in [-0.3, -0.25) is 0 Å². The second-order valence-corrected chi connectivity index (χ2v) is 12.0. The third kappa shape index (κ3) is 15.9. The van der Waals surface area contributed by atoms with E-state index in [1.54, 1.807) is 0 Å². The summed E-state index contributed by atoms with van der Waals surface area (Å²) in [4.78, 5) is 0. The first-order valence-electron chi connectivity index (χ1n) is 16.6. The van der Waals surface area contributed by atoms with Gasteiger partial charge in [0.05, 0.1) is 30.3 Å². The highest BCUT2D eigenvalue weighted by molar-refractivity contribution is 5.02. The molecule has 37 heavy (non-hydrogen) atoms. The molecule has 0 aromatic heterocycles. The molecule has 4 nitrogen and oxygen atoms in total. The SMILES string of the molecule is CCCCCCCCCCC(O)C(CO)(CO)C(O)(CCCCCCCC)CCCCCCCCCC. The number of unbranched alkanes of at least 4 members (excludes halogenated alkanes) is 19. The predicted molar refractivity (Wildman–Crippen MR) is 160 cm³/mol. The molecule has 0 spiro atoms. The Balaban J connectivity index is 4.98. The zero-order valence-electron chi connectivity index (χ0n) is 25.5. The summed E-state index contributed by atoms with van der Waals surface area (Å²) < 4.78 is 0. The van der Waals surface area contributed by atoms with E-state index in [4.69, 9.17) is 0 Å². The van der Waals surface area contributed by atoms with Gasteiger partial charge in [-0.25, -0.2) is 0 Å². The molecule has 4 heteroatoms. The van der Waals surface area contributed by atoms with Gasteiger partial charge in [-0.15, -0.1) is 0 Å². The molecule has 0 aromatic rings. The molecular formula is C33H68O4. The Bertz CT molecular complexity index is 465. The smallest absolute Gasteiger partial charge is 0.0772 e. The van der Waals surface area contributed by atoms with Crippen LogP contribution in [0.3, 0.4) is 0 Å². The van der Waals surface area contributed by atoms with Gasteiger partial charge in [-0.2, -0.15) is 0 Å². The fraction of sp³-hybridized carbons (Fsp3) is 1.00. The van der Waals surface area contributed by atoms with Crippen molar-refractivity contribution in [1.82, 2.24) is 0 Å². The van der Waals surface area contributed by atoms with Crippen LogP contribution in [-0.2, 0) is 0 Å². The molecular weight excluding hydrogens is 460 g/mol. The molecule has 0 saturated heterocycles. The minimum atomic E-state index is -1.25. The normalized spacial score (nSPS) is 14.7. The predicted octanol–water partition coefficient (Wildman–Crippen LogP) is 8.86. The third-order valence-electron chi connectivity index (χ3n) is 8.85. The van der Waals surface area contributed by atoms with Crippen molar-refractivity contribution in [3.8, 4) is 0 Å². The van der Waals surface area contributed by atoms with Crippen LogP contribution in [0.2, 0.25) is 0 Å². The van der Waals surface area contributed by atoms with Gasteiger partial charge < -0.3 is 20.4 Å². The van der Waals surface area contributed by atoms with Crippen molar-refractivity contribution in [2.45, 2.75) is 193 Å². The molecule has 4 N–H and O–H groups in total. The number of aliphatic hydroxyl groups is 4. The first-order valence-corrected chi connectivity index (χ1v) is 16.6. The van der Waals surface area contributed by atoms with Gasteiger partial charge in [0.1, 0.15) is 0 Å². The highest BCUT2D eigenvalue weighted by Crippen LogP contribution is 2.43. The molecule has 0 saturated carbocycles. The van der Waals surface area contributed by atoms with E-state index in [1.807, 2.05) is 0 Å². The highest BCUT2D eigenvalue weighted by Gasteiger charge is 2.53. The van der Waals surface area contributed by atoms with Crippen molar-refractivity contribution in [2.75, 3.05) is 13.2 Å². The first kappa shape index (κ1) is 36.8. The molecule has 2 unspecified atom stereocenters. The van der Waals surface area contributed by atoms with Crippen molar-refractivity contribution in [1.29, 1.82) is 0 Å². The molecule has 0 amide bonds. The molecule has 0 rings (SSSR count). The van der Waals surface area contributed by atoms with Gasteiger partial charge in [0.2, 0.25) is 0 Å². The molecule has 0 bridgehead atoms. The van der Waals surface area contributed by atoms with Crippen LogP contribution in [0.25, 0.3) is 0 Å². The maximum absolute atomic E-state index is 12.0. The minimum Gasteiger partial charge on any atom is -0.395 e. The summed E-state index contributed by atoms with van der Waals surface area (Å²) in [6.45, 7) is 5.95. The van der Waals surface area contributed by atoms with E-state index >= 15 is 0 Å². The van der Waals surface area contributed by atoms with Crippen LogP contribution in [0.4, 0.5) is 0 Å². The van der Waals surface area contributed by atoms with Gasteiger partial charge in [0.15, 0.2) is 0 Å². The average Bonchev–Trinajstić information content (AvgIpc) is 2.90. The molecule has 0 radical (unpaired) electrons. The van der Waals surface area contributed by atoms with Crippen molar-refractivity contribution >= 4 is 0 Å². The summed E-state index contributed by atoms with van der Waals surface area (Å²) in [5.74, 6) is 0. The lowest BCUT2D eigenvalue weighted by atomic mass is 9.63. The topological polar surface area (TPSA) is 80.9 Å². The summed E-state index contributed by atoms with van der Waals surface area (Å²) in [7, 11) is 0. The van der Waals surface area contributed by atoms with Crippen LogP contribution < -0.4 is 0 Å². The van der Waals surface area contributed by atoms with E-state index in [1.165, 1.54) is 96.3 Å². The molecule has 0 heterocycles. The van der Waals surface area contributed by atoms with Crippen LogP contribution >= 0.6 is 0 Å². The minimum absolute atomic E-state index is 0.370. The van der Waals surface area contributed by atoms with Crippen LogP contribution in [0.1, 0.15) is 181 Å². The molecule has 0 aliphatic rings. The monoisotopic (exact) mass is 529 g/mol. The Labute approximate surface area is 232 Å². The van der Waals surface area contributed by atoms with Gasteiger partial charge in [0, 0.05) is 0 Å². The summed E-state index contributed by atoms with van der Waals surface area (Å²) in [6, 6.07) is 0. The standard InChI is InChI=1S/C33H68O4/c1-4-7-10-13-16-18-20-23-26-31(36)32(29-34,30-35)33(37,27-24-21-15-12-9-6-3)28-25-22-19-17-14-11-8-5-2/h31,34-37H,4-30H2,1-3H3. The lowest BCUT2D eigenvalue weighted by molar-refractivity contribution is -0.193. The van der Waals surface area contributed by atoms with Crippen molar-refractivity contribution < 1.29 is 20.4 Å². The highest BCUT2D eigenvalue weighted by atomic mass is 16.3. The van der Waals surface area contributed by atoms with E-state index in [0.29, 0.717) is 19.3 Å².